The molecule has 3 nitrogen and oxygen atoms in total. The molecule has 0 aromatic rings. The SMILES string of the molecule is CCCOC(OCCC)[SiH2]CCCN. The lowest BCUT2D eigenvalue weighted by atomic mass is 10.5. The third-order valence-corrected chi connectivity index (χ3v) is 3.76. The second-order valence-electron chi connectivity index (χ2n) is 3.46. The molecule has 0 aliphatic heterocycles. The molecule has 0 heterocycles. The first-order valence-electron chi connectivity index (χ1n) is 5.78. The fourth-order valence-corrected chi connectivity index (χ4v) is 2.75. The van der Waals surface area contributed by atoms with E-state index in [1.165, 1.54) is 6.04 Å². The quantitative estimate of drug-likeness (QED) is 0.339. The molecule has 4 heteroatoms. The van der Waals surface area contributed by atoms with Gasteiger partial charge >= 0.3 is 0 Å². The van der Waals surface area contributed by atoms with Crippen molar-refractivity contribution in [3.63, 3.8) is 0 Å². The van der Waals surface area contributed by atoms with Crippen LogP contribution in [0.15, 0.2) is 0 Å². The van der Waals surface area contributed by atoms with E-state index in [0.29, 0.717) is 0 Å². The van der Waals surface area contributed by atoms with Gasteiger partial charge in [-0.15, -0.1) is 0 Å². The smallest absolute Gasteiger partial charge is 0.134 e. The van der Waals surface area contributed by atoms with Gasteiger partial charge in [-0.05, 0) is 25.8 Å². The summed E-state index contributed by atoms with van der Waals surface area (Å²) >= 11 is 0. The molecule has 0 rings (SSSR count). The van der Waals surface area contributed by atoms with Crippen LogP contribution in [0.25, 0.3) is 0 Å². The Morgan fingerprint density at radius 3 is 2.14 bits per heavy atom. The molecule has 0 aromatic carbocycles. The van der Waals surface area contributed by atoms with Gasteiger partial charge in [-0.1, -0.05) is 19.9 Å². The maximum Gasteiger partial charge on any atom is 0.134 e. The summed E-state index contributed by atoms with van der Waals surface area (Å²) in [4.78, 5) is 0. The molecular formula is C10H25NO2Si. The van der Waals surface area contributed by atoms with Crippen LogP contribution in [-0.2, 0) is 9.47 Å². The lowest BCUT2D eigenvalue weighted by molar-refractivity contribution is -0.0904. The van der Waals surface area contributed by atoms with Crippen LogP contribution in [-0.4, -0.2) is 35.2 Å². The Hall–Kier alpha value is 0.0969. The van der Waals surface area contributed by atoms with Crippen molar-refractivity contribution < 1.29 is 9.47 Å². The predicted molar refractivity (Wildman–Crippen MR) is 63.3 cm³/mol. The standard InChI is InChI=1S/C10H25NO2Si/c1-3-7-12-10(13-8-4-2)14-9-5-6-11/h10H,3-9,11,14H2,1-2H3. The summed E-state index contributed by atoms with van der Waals surface area (Å²) in [5.41, 5.74) is 5.46. The van der Waals surface area contributed by atoms with E-state index in [2.05, 4.69) is 13.8 Å². The second kappa shape index (κ2) is 11.2. The summed E-state index contributed by atoms with van der Waals surface area (Å²) in [5, 5.41) is 0. The molecule has 0 radical (unpaired) electrons. The maximum atomic E-state index is 5.64. The van der Waals surface area contributed by atoms with Gasteiger partial charge in [-0.25, -0.2) is 0 Å². The largest absolute Gasteiger partial charge is 0.357 e. The minimum absolute atomic E-state index is 0.126. The summed E-state index contributed by atoms with van der Waals surface area (Å²) in [6, 6.07) is 1.23. The molecule has 0 spiro atoms. The average Bonchev–Trinajstić information content (AvgIpc) is 2.21. The van der Waals surface area contributed by atoms with Crippen LogP contribution in [0.4, 0.5) is 0 Å². The van der Waals surface area contributed by atoms with Crippen LogP contribution >= 0.6 is 0 Å². The highest BCUT2D eigenvalue weighted by Crippen LogP contribution is 2.00. The van der Waals surface area contributed by atoms with E-state index in [9.17, 15) is 0 Å². The summed E-state index contributed by atoms with van der Waals surface area (Å²) in [5.74, 6) is 0.126. The van der Waals surface area contributed by atoms with Gasteiger partial charge in [0.1, 0.15) is 5.91 Å². The summed E-state index contributed by atoms with van der Waals surface area (Å²) in [6.07, 6.45) is 3.25. The Labute approximate surface area is 90.2 Å². The fraction of sp³-hybridized carbons (Fsp3) is 1.00. The Morgan fingerprint density at radius 2 is 1.71 bits per heavy atom. The van der Waals surface area contributed by atoms with Crippen LogP contribution in [0.3, 0.4) is 0 Å². The summed E-state index contributed by atoms with van der Waals surface area (Å²) in [6.45, 7) is 6.69. The third-order valence-electron chi connectivity index (χ3n) is 1.91. The average molecular weight is 219 g/mol. The van der Waals surface area contributed by atoms with Gasteiger partial charge in [0.05, 0.1) is 9.52 Å². The Morgan fingerprint density at radius 1 is 1.14 bits per heavy atom. The Balaban J connectivity index is 3.49. The molecule has 0 fully saturated rings. The van der Waals surface area contributed by atoms with E-state index in [1.54, 1.807) is 0 Å². The molecule has 0 aliphatic rings. The molecule has 0 atom stereocenters. The first-order valence-corrected chi connectivity index (χ1v) is 7.60. The molecular weight excluding hydrogens is 194 g/mol. The van der Waals surface area contributed by atoms with Crippen molar-refractivity contribution in [3.05, 3.63) is 0 Å². The molecule has 0 aliphatic carbocycles. The molecule has 0 aromatic heterocycles. The minimum Gasteiger partial charge on any atom is -0.357 e. The highest BCUT2D eigenvalue weighted by Gasteiger charge is 2.08. The van der Waals surface area contributed by atoms with Gasteiger partial charge in [0, 0.05) is 13.2 Å². The summed E-state index contributed by atoms with van der Waals surface area (Å²) in [7, 11) is -0.251. The fourth-order valence-electron chi connectivity index (χ4n) is 1.17. The normalized spacial score (nSPS) is 12.0. The zero-order valence-corrected chi connectivity index (χ0v) is 11.0. The van der Waals surface area contributed by atoms with Gasteiger partial charge in [-0.2, -0.15) is 0 Å². The zero-order chi connectivity index (χ0) is 10.6. The number of rotatable bonds is 10. The van der Waals surface area contributed by atoms with Crippen molar-refractivity contribution in [2.45, 2.75) is 45.1 Å². The molecule has 0 saturated heterocycles. The third kappa shape index (κ3) is 8.68. The van der Waals surface area contributed by atoms with Gasteiger partial charge in [0.2, 0.25) is 0 Å². The van der Waals surface area contributed by atoms with Crippen LogP contribution in [0.1, 0.15) is 33.1 Å². The van der Waals surface area contributed by atoms with Crippen molar-refractivity contribution in [2.75, 3.05) is 19.8 Å². The monoisotopic (exact) mass is 219 g/mol. The highest BCUT2D eigenvalue weighted by molar-refractivity contribution is 6.36. The predicted octanol–water partition coefficient (Wildman–Crippen LogP) is 1.06. The van der Waals surface area contributed by atoms with Crippen molar-refractivity contribution in [1.29, 1.82) is 0 Å². The highest BCUT2D eigenvalue weighted by atomic mass is 28.2. The lowest BCUT2D eigenvalue weighted by Crippen LogP contribution is -2.25. The van der Waals surface area contributed by atoms with E-state index in [-0.39, 0.29) is 15.4 Å². The van der Waals surface area contributed by atoms with Crippen molar-refractivity contribution in [2.24, 2.45) is 5.73 Å². The van der Waals surface area contributed by atoms with Crippen molar-refractivity contribution in [1.82, 2.24) is 0 Å². The minimum atomic E-state index is -0.251. The molecule has 2 N–H and O–H groups in total. The molecule has 0 bridgehead atoms. The van der Waals surface area contributed by atoms with E-state index in [4.69, 9.17) is 15.2 Å². The molecule has 0 amide bonds. The van der Waals surface area contributed by atoms with Gasteiger partial charge in [0.15, 0.2) is 0 Å². The van der Waals surface area contributed by atoms with Crippen LogP contribution < -0.4 is 5.73 Å². The second-order valence-corrected chi connectivity index (χ2v) is 5.41. The van der Waals surface area contributed by atoms with Crippen molar-refractivity contribution >= 4 is 9.52 Å². The number of ether oxygens (including phenoxy) is 2. The first-order chi connectivity index (χ1) is 6.85. The lowest BCUT2D eigenvalue weighted by Gasteiger charge is -2.17. The number of nitrogens with two attached hydrogens (primary N) is 1. The maximum absolute atomic E-state index is 5.64. The molecule has 86 valence electrons. The summed E-state index contributed by atoms with van der Waals surface area (Å²) < 4.78 is 11.3. The van der Waals surface area contributed by atoms with Gasteiger partial charge < -0.3 is 15.2 Å². The van der Waals surface area contributed by atoms with Crippen molar-refractivity contribution in [3.8, 4) is 0 Å². The van der Waals surface area contributed by atoms with E-state index < -0.39 is 0 Å². The number of hydrogen-bond donors (Lipinski definition) is 1. The molecule has 0 unspecified atom stereocenters. The molecule has 14 heavy (non-hydrogen) atoms. The Bertz CT molecular complexity index is 106. The van der Waals surface area contributed by atoms with E-state index in [1.807, 2.05) is 0 Å². The number of hydrogen-bond acceptors (Lipinski definition) is 3. The van der Waals surface area contributed by atoms with Crippen LogP contribution in [0, 0.1) is 0 Å². The topological polar surface area (TPSA) is 44.5 Å². The zero-order valence-electron chi connectivity index (χ0n) is 9.63. The Kier molecular flexibility index (Phi) is 11.3. The van der Waals surface area contributed by atoms with Crippen LogP contribution in [0.5, 0.6) is 0 Å². The first kappa shape index (κ1) is 14.1. The van der Waals surface area contributed by atoms with E-state index in [0.717, 1.165) is 39.0 Å². The van der Waals surface area contributed by atoms with E-state index >= 15 is 0 Å². The van der Waals surface area contributed by atoms with Gasteiger partial charge in [-0.3, -0.25) is 0 Å². The molecule has 0 saturated carbocycles. The van der Waals surface area contributed by atoms with Crippen LogP contribution in [0.2, 0.25) is 6.04 Å². The van der Waals surface area contributed by atoms with Gasteiger partial charge in [0.25, 0.3) is 0 Å².